The van der Waals surface area contributed by atoms with E-state index in [2.05, 4.69) is 10.6 Å². The lowest BCUT2D eigenvalue weighted by Gasteiger charge is -2.14. The summed E-state index contributed by atoms with van der Waals surface area (Å²) in [5.41, 5.74) is 1.03. The average Bonchev–Trinajstić information content (AvgIpc) is 2.52. The van der Waals surface area contributed by atoms with Crippen molar-refractivity contribution in [2.45, 2.75) is 6.42 Å². The molecule has 0 fully saturated rings. The molecule has 112 valence electrons. The number of nitrogens with zero attached hydrogens (tertiary/aromatic N) is 1. The summed E-state index contributed by atoms with van der Waals surface area (Å²) in [4.78, 5) is 22.0. The van der Waals surface area contributed by atoms with Crippen molar-refractivity contribution in [1.29, 1.82) is 0 Å². The molecule has 21 heavy (non-hydrogen) atoms. The van der Waals surface area contributed by atoms with Crippen LogP contribution in [-0.2, 0) is 4.79 Å². The van der Waals surface area contributed by atoms with Crippen LogP contribution in [0.2, 0.25) is 0 Å². The van der Waals surface area contributed by atoms with Crippen LogP contribution < -0.4 is 15.4 Å². The second-order valence-electron chi connectivity index (χ2n) is 4.61. The summed E-state index contributed by atoms with van der Waals surface area (Å²) in [6, 6.07) is 5.99. The van der Waals surface area contributed by atoms with E-state index in [0.29, 0.717) is 6.54 Å². The van der Waals surface area contributed by atoms with Crippen molar-refractivity contribution in [1.82, 2.24) is 10.6 Å². The lowest BCUT2D eigenvalue weighted by Crippen LogP contribution is -2.32. The molecule has 1 aliphatic heterocycles. The van der Waals surface area contributed by atoms with E-state index in [1.54, 1.807) is 12.1 Å². The van der Waals surface area contributed by atoms with Crippen LogP contribution in [0, 0.1) is 10.1 Å². The molecule has 2 rings (SSSR count). The molecule has 0 unspecified atom stereocenters. The Morgan fingerprint density at radius 1 is 1.43 bits per heavy atom. The Bertz CT molecular complexity index is 557. The number of hydrogen-bond acceptors (Lipinski definition) is 5. The fourth-order valence-corrected chi connectivity index (χ4v) is 1.97. The van der Waals surface area contributed by atoms with E-state index in [-0.39, 0.29) is 24.0 Å². The molecule has 0 aromatic heterocycles. The molecule has 0 saturated carbocycles. The Morgan fingerprint density at radius 2 is 2.24 bits per heavy atom. The Labute approximate surface area is 122 Å². The summed E-state index contributed by atoms with van der Waals surface area (Å²) >= 11 is 0. The van der Waals surface area contributed by atoms with Gasteiger partial charge in [0.15, 0.2) is 12.4 Å². The van der Waals surface area contributed by atoms with E-state index in [1.807, 2.05) is 6.08 Å². The van der Waals surface area contributed by atoms with Crippen LogP contribution in [0.4, 0.5) is 5.69 Å². The zero-order valence-electron chi connectivity index (χ0n) is 11.5. The third kappa shape index (κ3) is 4.57. The van der Waals surface area contributed by atoms with Crippen LogP contribution in [0.3, 0.4) is 0 Å². The summed E-state index contributed by atoms with van der Waals surface area (Å²) in [7, 11) is 0. The van der Waals surface area contributed by atoms with Gasteiger partial charge in [0.25, 0.3) is 5.91 Å². The quantitative estimate of drug-likeness (QED) is 0.463. The second-order valence-corrected chi connectivity index (χ2v) is 4.61. The van der Waals surface area contributed by atoms with Gasteiger partial charge in [0.05, 0.1) is 4.92 Å². The summed E-state index contributed by atoms with van der Waals surface area (Å²) in [6.45, 7) is 1.98. The molecule has 0 bridgehead atoms. The largest absolute Gasteiger partial charge is 0.477 e. The average molecular weight is 291 g/mol. The van der Waals surface area contributed by atoms with Gasteiger partial charge < -0.3 is 15.4 Å². The number of nitro groups is 1. The molecule has 2 N–H and O–H groups in total. The summed E-state index contributed by atoms with van der Waals surface area (Å²) in [5.74, 6) is -0.202. The fraction of sp³-hybridized carbons (Fsp3) is 0.357. The molecule has 1 aromatic carbocycles. The fourth-order valence-electron chi connectivity index (χ4n) is 1.97. The van der Waals surface area contributed by atoms with Gasteiger partial charge in [0.2, 0.25) is 0 Å². The van der Waals surface area contributed by atoms with Crippen LogP contribution in [0.1, 0.15) is 6.42 Å². The van der Waals surface area contributed by atoms with Crippen molar-refractivity contribution >= 4 is 11.6 Å². The maximum absolute atomic E-state index is 11.7. The Hall–Kier alpha value is -2.41. The number of para-hydroxylation sites is 2. The Morgan fingerprint density at radius 3 is 2.95 bits per heavy atom. The van der Waals surface area contributed by atoms with Crippen molar-refractivity contribution < 1.29 is 14.5 Å². The first-order chi connectivity index (χ1) is 10.2. The first kappa shape index (κ1) is 15.0. The monoisotopic (exact) mass is 291 g/mol. The highest BCUT2D eigenvalue weighted by Crippen LogP contribution is 2.25. The lowest BCUT2D eigenvalue weighted by atomic mass is 10.1. The summed E-state index contributed by atoms with van der Waals surface area (Å²) in [5, 5.41) is 16.7. The van der Waals surface area contributed by atoms with Crippen LogP contribution in [-0.4, -0.2) is 37.1 Å². The minimum absolute atomic E-state index is 0.0960. The number of carbonyl (C=O) groups is 1. The van der Waals surface area contributed by atoms with Gasteiger partial charge in [-0.1, -0.05) is 23.8 Å². The highest BCUT2D eigenvalue weighted by molar-refractivity contribution is 5.77. The maximum Gasteiger partial charge on any atom is 0.310 e. The smallest absolute Gasteiger partial charge is 0.310 e. The second kappa shape index (κ2) is 7.39. The van der Waals surface area contributed by atoms with Gasteiger partial charge in [0.1, 0.15) is 0 Å². The van der Waals surface area contributed by atoms with E-state index in [1.165, 1.54) is 17.7 Å². The maximum atomic E-state index is 11.7. The molecule has 0 radical (unpaired) electrons. The minimum Gasteiger partial charge on any atom is -0.477 e. The van der Waals surface area contributed by atoms with Gasteiger partial charge >= 0.3 is 5.69 Å². The van der Waals surface area contributed by atoms with Gasteiger partial charge in [-0.15, -0.1) is 0 Å². The first-order valence-electron chi connectivity index (χ1n) is 6.68. The SMILES string of the molecule is O=C(COc1ccccc1[N+](=O)[O-])NCC1=CCNCC1. The molecule has 0 spiro atoms. The minimum atomic E-state index is -0.535. The third-order valence-electron chi connectivity index (χ3n) is 3.09. The summed E-state index contributed by atoms with van der Waals surface area (Å²) < 4.78 is 5.21. The molecule has 1 amide bonds. The van der Waals surface area contributed by atoms with Crippen LogP contribution in [0.25, 0.3) is 0 Å². The topological polar surface area (TPSA) is 93.5 Å². The highest BCUT2D eigenvalue weighted by Gasteiger charge is 2.15. The van der Waals surface area contributed by atoms with Gasteiger partial charge in [-0.25, -0.2) is 0 Å². The van der Waals surface area contributed by atoms with Crippen molar-refractivity contribution in [3.63, 3.8) is 0 Å². The molecule has 1 aromatic rings. The number of ether oxygens (including phenoxy) is 1. The van der Waals surface area contributed by atoms with Crippen molar-refractivity contribution in [2.24, 2.45) is 0 Å². The predicted octanol–water partition coefficient (Wildman–Crippen LogP) is 1.01. The van der Waals surface area contributed by atoms with Gasteiger partial charge in [-0.2, -0.15) is 0 Å². The number of hydrogen-bond donors (Lipinski definition) is 2. The molecule has 1 aliphatic rings. The molecule has 1 heterocycles. The Balaban J connectivity index is 1.81. The normalized spacial score (nSPS) is 14.2. The summed E-state index contributed by atoms with van der Waals surface area (Å²) in [6.07, 6.45) is 2.96. The zero-order valence-corrected chi connectivity index (χ0v) is 11.5. The first-order valence-corrected chi connectivity index (χ1v) is 6.68. The van der Waals surface area contributed by atoms with E-state index in [9.17, 15) is 14.9 Å². The van der Waals surface area contributed by atoms with Gasteiger partial charge in [0, 0.05) is 19.2 Å². The van der Waals surface area contributed by atoms with Crippen molar-refractivity contribution in [3.05, 3.63) is 46.0 Å². The number of nitrogens with one attached hydrogen (secondary N) is 2. The molecule has 0 saturated heterocycles. The van der Waals surface area contributed by atoms with Crippen molar-refractivity contribution in [2.75, 3.05) is 26.2 Å². The van der Waals surface area contributed by atoms with Crippen molar-refractivity contribution in [3.8, 4) is 5.75 Å². The standard InChI is InChI=1S/C14H17N3O4/c18-14(16-9-11-5-7-15-8-6-11)10-21-13-4-2-1-3-12(13)17(19)20/h1-5,15H,6-10H2,(H,16,18). The molecule has 0 aliphatic carbocycles. The predicted molar refractivity (Wildman–Crippen MR) is 77.2 cm³/mol. The van der Waals surface area contributed by atoms with E-state index in [0.717, 1.165) is 19.5 Å². The Kier molecular flexibility index (Phi) is 5.28. The van der Waals surface area contributed by atoms with E-state index < -0.39 is 4.92 Å². The molecular weight excluding hydrogens is 274 g/mol. The highest BCUT2D eigenvalue weighted by atomic mass is 16.6. The molecular formula is C14H17N3O4. The lowest BCUT2D eigenvalue weighted by molar-refractivity contribution is -0.385. The van der Waals surface area contributed by atoms with E-state index in [4.69, 9.17) is 4.74 Å². The molecule has 0 atom stereocenters. The van der Waals surface area contributed by atoms with Gasteiger partial charge in [-0.05, 0) is 19.0 Å². The third-order valence-corrected chi connectivity index (χ3v) is 3.09. The number of benzene rings is 1. The van der Waals surface area contributed by atoms with E-state index >= 15 is 0 Å². The number of rotatable bonds is 6. The number of carbonyl (C=O) groups excluding carboxylic acids is 1. The van der Waals surface area contributed by atoms with Crippen LogP contribution in [0.15, 0.2) is 35.9 Å². The molecule has 7 heteroatoms. The number of nitro benzene ring substituents is 1. The van der Waals surface area contributed by atoms with Crippen LogP contribution >= 0.6 is 0 Å². The number of amides is 1. The zero-order chi connectivity index (χ0) is 15.1. The van der Waals surface area contributed by atoms with Crippen LogP contribution in [0.5, 0.6) is 5.75 Å². The molecule has 7 nitrogen and oxygen atoms in total. The van der Waals surface area contributed by atoms with Gasteiger partial charge in [-0.3, -0.25) is 14.9 Å².